The Bertz CT molecular complexity index is 1620. The van der Waals surface area contributed by atoms with Crippen LogP contribution in [0.2, 0.25) is 0 Å². The van der Waals surface area contributed by atoms with Crippen LogP contribution in [-0.2, 0) is 9.59 Å². The lowest BCUT2D eigenvalue weighted by atomic mass is 10.1. The van der Waals surface area contributed by atoms with Gasteiger partial charge in [0.1, 0.15) is 11.4 Å². The molecule has 0 heterocycles. The Labute approximate surface area is 253 Å². The molecule has 0 aliphatic heterocycles. The zero-order valence-electron chi connectivity index (χ0n) is 23.3. The van der Waals surface area contributed by atoms with Crippen LogP contribution in [0.15, 0.2) is 114 Å². The number of carbonyl (C=O) groups excluding carboxylic acids is 4. The lowest BCUT2D eigenvalue weighted by Gasteiger charge is -2.12. The van der Waals surface area contributed by atoms with Crippen LogP contribution in [0.4, 0.5) is 11.4 Å². The highest BCUT2D eigenvalue weighted by atomic mass is 32.2. The molecule has 0 atom stereocenters. The summed E-state index contributed by atoms with van der Waals surface area (Å²) in [5, 5.41) is 8.23. The third kappa shape index (κ3) is 9.07. The van der Waals surface area contributed by atoms with Crippen molar-refractivity contribution >= 4 is 52.8 Å². The van der Waals surface area contributed by atoms with Crippen molar-refractivity contribution in [1.29, 1.82) is 0 Å². The minimum atomic E-state index is -0.627. The number of primary amides is 1. The number of nitrogens with one attached hydrogen (secondary N) is 3. The molecule has 0 saturated heterocycles. The number of rotatable bonds is 12. The first kappa shape index (κ1) is 30.6. The lowest BCUT2D eigenvalue weighted by molar-refractivity contribution is -0.114. The molecule has 0 radical (unpaired) electrons. The number of thioether (sulfide) groups is 1. The predicted molar refractivity (Wildman–Crippen MR) is 169 cm³/mol. The van der Waals surface area contributed by atoms with Crippen molar-refractivity contribution in [2.24, 2.45) is 5.73 Å². The first-order chi connectivity index (χ1) is 20.8. The number of para-hydroxylation sites is 1. The molecule has 0 aromatic heterocycles. The van der Waals surface area contributed by atoms with Gasteiger partial charge in [-0.15, -0.1) is 11.8 Å². The van der Waals surface area contributed by atoms with Gasteiger partial charge in [-0.2, -0.15) is 0 Å². The maximum atomic E-state index is 13.3. The number of nitrogens with two attached hydrogens (primary N) is 1. The van der Waals surface area contributed by atoms with Crippen LogP contribution >= 0.6 is 11.8 Å². The van der Waals surface area contributed by atoms with Crippen molar-refractivity contribution < 1.29 is 23.9 Å². The lowest BCUT2D eigenvalue weighted by Crippen LogP contribution is -2.30. The van der Waals surface area contributed by atoms with E-state index in [4.69, 9.17) is 10.5 Å². The van der Waals surface area contributed by atoms with E-state index >= 15 is 0 Å². The standard InChI is InChI=1S/C33H30N4O5S/c1-2-42-25-16-12-22(13-17-25)20-29(37-32(40)23-8-4-3-5-9-23)33(41)35-24-14-18-26(19-15-24)43-21-30(38)36-28-11-7-6-10-27(28)31(34)39/h3-20H,2,21H2,1H3,(H2,34,39)(H,35,41)(H,36,38)(H,37,40)/b29-20-. The number of carbonyl (C=O) groups is 4. The second kappa shape index (κ2) is 15.0. The molecule has 0 saturated carbocycles. The molecular formula is C33H30N4O5S. The number of hydrogen-bond donors (Lipinski definition) is 4. The Morgan fingerprint density at radius 2 is 1.49 bits per heavy atom. The average Bonchev–Trinajstić information content (AvgIpc) is 3.02. The van der Waals surface area contributed by atoms with E-state index in [1.165, 1.54) is 11.8 Å². The Morgan fingerprint density at radius 1 is 0.814 bits per heavy atom. The van der Waals surface area contributed by atoms with Crippen molar-refractivity contribution in [1.82, 2.24) is 5.32 Å². The Balaban J connectivity index is 1.41. The summed E-state index contributed by atoms with van der Waals surface area (Å²) in [7, 11) is 0. The van der Waals surface area contributed by atoms with Crippen molar-refractivity contribution in [3.8, 4) is 5.75 Å². The smallest absolute Gasteiger partial charge is 0.272 e. The van der Waals surface area contributed by atoms with Gasteiger partial charge in [-0.3, -0.25) is 19.2 Å². The van der Waals surface area contributed by atoms with E-state index in [1.54, 1.807) is 109 Å². The SMILES string of the molecule is CCOc1ccc(/C=C(\NC(=O)c2ccccc2)C(=O)Nc2ccc(SCC(=O)Nc3ccccc3C(N)=O)cc2)cc1. The van der Waals surface area contributed by atoms with E-state index in [-0.39, 0.29) is 22.9 Å². The number of hydrogen-bond acceptors (Lipinski definition) is 6. The molecule has 0 aliphatic carbocycles. The number of amides is 4. The molecule has 4 rings (SSSR count). The third-order valence-electron chi connectivity index (χ3n) is 5.98. The minimum Gasteiger partial charge on any atom is -0.494 e. The summed E-state index contributed by atoms with van der Waals surface area (Å²) in [5.74, 6) is -1.06. The van der Waals surface area contributed by atoms with Gasteiger partial charge in [-0.05, 0) is 79.2 Å². The highest BCUT2D eigenvalue weighted by molar-refractivity contribution is 8.00. The van der Waals surface area contributed by atoms with Crippen LogP contribution in [0.3, 0.4) is 0 Å². The van der Waals surface area contributed by atoms with Crippen LogP contribution in [0.25, 0.3) is 6.08 Å². The highest BCUT2D eigenvalue weighted by Crippen LogP contribution is 2.22. The Hall–Kier alpha value is -5.35. The second-order valence-electron chi connectivity index (χ2n) is 9.11. The van der Waals surface area contributed by atoms with Gasteiger partial charge in [0.05, 0.1) is 23.6 Å². The maximum Gasteiger partial charge on any atom is 0.272 e. The van der Waals surface area contributed by atoms with Crippen LogP contribution in [0.1, 0.15) is 33.2 Å². The molecule has 4 amide bonds. The number of benzene rings is 4. The normalized spacial score (nSPS) is 10.9. The van der Waals surface area contributed by atoms with Crippen LogP contribution in [0, 0.1) is 0 Å². The fourth-order valence-electron chi connectivity index (χ4n) is 3.91. The summed E-state index contributed by atoms with van der Waals surface area (Å²) >= 11 is 1.29. The Kier molecular flexibility index (Phi) is 10.7. The third-order valence-corrected chi connectivity index (χ3v) is 6.99. The average molecular weight is 595 g/mol. The van der Waals surface area contributed by atoms with Gasteiger partial charge < -0.3 is 26.4 Å². The summed E-state index contributed by atoms with van der Waals surface area (Å²) in [6.07, 6.45) is 1.59. The van der Waals surface area contributed by atoms with Crippen molar-refractivity contribution in [2.75, 3.05) is 23.0 Å². The molecule has 0 fully saturated rings. The summed E-state index contributed by atoms with van der Waals surface area (Å²) in [6.45, 7) is 2.43. The van der Waals surface area contributed by atoms with Gasteiger partial charge >= 0.3 is 0 Å². The van der Waals surface area contributed by atoms with Gasteiger partial charge in [0.2, 0.25) is 5.91 Å². The van der Waals surface area contributed by atoms with Crippen LogP contribution in [-0.4, -0.2) is 36.0 Å². The highest BCUT2D eigenvalue weighted by Gasteiger charge is 2.16. The first-order valence-corrected chi connectivity index (χ1v) is 14.3. The molecule has 43 heavy (non-hydrogen) atoms. The second-order valence-corrected chi connectivity index (χ2v) is 10.2. The largest absolute Gasteiger partial charge is 0.494 e. The zero-order valence-corrected chi connectivity index (χ0v) is 24.1. The van der Waals surface area contributed by atoms with E-state index in [0.29, 0.717) is 34.9 Å². The van der Waals surface area contributed by atoms with Crippen LogP contribution in [0.5, 0.6) is 5.75 Å². The number of ether oxygens (including phenoxy) is 1. The van der Waals surface area contributed by atoms with Crippen molar-refractivity contribution in [3.63, 3.8) is 0 Å². The maximum absolute atomic E-state index is 13.3. The van der Waals surface area contributed by atoms with E-state index in [1.807, 2.05) is 6.92 Å². The van der Waals surface area contributed by atoms with E-state index in [0.717, 1.165) is 4.90 Å². The molecule has 5 N–H and O–H groups in total. The molecule has 0 aliphatic rings. The molecular weight excluding hydrogens is 564 g/mol. The first-order valence-electron chi connectivity index (χ1n) is 13.4. The monoisotopic (exact) mass is 594 g/mol. The van der Waals surface area contributed by atoms with E-state index in [2.05, 4.69) is 16.0 Å². The fourth-order valence-corrected chi connectivity index (χ4v) is 4.61. The van der Waals surface area contributed by atoms with Crippen LogP contribution < -0.4 is 26.4 Å². The molecule has 0 unspecified atom stereocenters. The zero-order chi connectivity index (χ0) is 30.6. The predicted octanol–water partition coefficient (Wildman–Crippen LogP) is 5.32. The molecule has 0 spiro atoms. The summed E-state index contributed by atoms with van der Waals surface area (Å²) in [6, 6.07) is 29.2. The van der Waals surface area contributed by atoms with E-state index < -0.39 is 17.7 Å². The summed E-state index contributed by atoms with van der Waals surface area (Å²) < 4.78 is 5.48. The van der Waals surface area contributed by atoms with E-state index in [9.17, 15) is 19.2 Å². The summed E-state index contributed by atoms with van der Waals surface area (Å²) in [5.41, 5.74) is 7.63. The molecule has 9 nitrogen and oxygen atoms in total. The van der Waals surface area contributed by atoms with Gasteiger partial charge in [0.25, 0.3) is 17.7 Å². The molecule has 4 aromatic carbocycles. The fraction of sp³-hybridized carbons (Fsp3) is 0.0909. The molecule has 10 heteroatoms. The van der Waals surface area contributed by atoms with Crippen molar-refractivity contribution in [3.05, 3.63) is 126 Å². The summed E-state index contributed by atoms with van der Waals surface area (Å²) in [4.78, 5) is 51.0. The quantitative estimate of drug-likeness (QED) is 0.129. The van der Waals surface area contributed by atoms with Gasteiger partial charge in [-0.25, -0.2) is 0 Å². The van der Waals surface area contributed by atoms with Gasteiger partial charge in [0, 0.05) is 16.1 Å². The van der Waals surface area contributed by atoms with Gasteiger partial charge in [-0.1, -0.05) is 42.5 Å². The molecule has 0 bridgehead atoms. The topological polar surface area (TPSA) is 140 Å². The number of anilines is 2. The van der Waals surface area contributed by atoms with Gasteiger partial charge in [0.15, 0.2) is 0 Å². The van der Waals surface area contributed by atoms with Crippen molar-refractivity contribution in [2.45, 2.75) is 11.8 Å². The Morgan fingerprint density at radius 3 is 2.16 bits per heavy atom. The molecule has 4 aromatic rings. The minimum absolute atomic E-state index is 0.0596. The molecule has 218 valence electrons.